The lowest BCUT2D eigenvalue weighted by atomic mass is 9.92. The minimum atomic E-state index is 0.264. The molecule has 1 rings (SSSR count). The van der Waals surface area contributed by atoms with Crippen molar-refractivity contribution in [3.63, 3.8) is 0 Å². The zero-order valence-electron chi connectivity index (χ0n) is 9.33. The van der Waals surface area contributed by atoms with Gasteiger partial charge in [0.05, 0.1) is 0 Å². The van der Waals surface area contributed by atoms with E-state index in [2.05, 4.69) is 66.1 Å². The molecule has 0 aliphatic heterocycles. The van der Waals surface area contributed by atoms with E-state index in [0.717, 1.165) is 0 Å². The predicted octanol–water partition coefficient (Wildman–Crippen LogP) is 3.23. The van der Waals surface area contributed by atoms with Gasteiger partial charge in [0.15, 0.2) is 0 Å². The molecule has 84 valence electrons. The Hall–Kier alpha value is -0.130. The first-order chi connectivity index (χ1) is 7.19. The van der Waals surface area contributed by atoms with Gasteiger partial charge < -0.3 is 0 Å². The third-order valence-corrected chi connectivity index (χ3v) is 3.37. The molecule has 0 spiro atoms. The molecule has 0 heterocycles. The second kappa shape index (κ2) is 6.45. The summed E-state index contributed by atoms with van der Waals surface area (Å²) in [5, 5.41) is 0. The van der Waals surface area contributed by atoms with Gasteiger partial charge in [-0.05, 0) is 52.6 Å². The van der Waals surface area contributed by atoms with Crippen LogP contribution in [0.15, 0.2) is 24.3 Å². The van der Waals surface area contributed by atoms with Crippen LogP contribution in [-0.4, -0.2) is 0 Å². The number of rotatable bonds is 5. The van der Waals surface area contributed by atoms with E-state index in [9.17, 15) is 0 Å². The van der Waals surface area contributed by atoms with E-state index in [1.807, 2.05) is 0 Å². The van der Waals surface area contributed by atoms with Crippen molar-refractivity contribution in [2.75, 3.05) is 0 Å². The van der Waals surface area contributed by atoms with E-state index >= 15 is 0 Å². The molecule has 0 saturated heterocycles. The quantitative estimate of drug-likeness (QED) is 0.497. The molecule has 0 fully saturated rings. The summed E-state index contributed by atoms with van der Waals surface area (Å²) in [6.45, 7) is 4.45. The topological polar surface area (TPSA) is 38.0 Å². The Kier molecular flexibility index (Phi) is 5.56. The molecule has 0 saturated carbocycles. The van der Waals surface area contributed by atoms with Crippen molar-refractivity contribution in [3.05, 3.63) is 33.4 Å². The van der Waals surface area contributed by atoms with Crippen molar-refractivity contribution < 1.29 is 0 Å². The van der Waals surface area contributed by atoms with Gasteiger partial charge in [-0.3, -0.25) is 11.3 Å². The second-order valence-electron chi connectivity index (χ2n) is 3.97. The van der Waals surface area contributed by atoms with Crippen molar-refractivity contribution in [2.24, 2.45) is 11.8 Å². The van der Waals surface area contributed by atoms with Crippen LogP contribution in [0.25, 0.3) is 0 Å². The maximum Gasteiger partial charge on any atom is 0.0485 e. The van der Waals surface area contributed by atoms with Gasteiger partial charge in [0.2, 0.25) is 0 Å². The van der Waals surface area contributed by atoms with E-state index in [4.69, 9.17) is 5.84 Å². The lowest BCUT2D eigenvalue weighted by Gasteiger charge is -2.23. The number of hydrogen-bond donors (Lipinski definition) is 2. The normalized spacial score (nSPS) is 14.9. The van der Waals surface area contributed by atoms with Gasteiger partial charge in [-0.25, -0.2) is 0 Å². The summed E-state index contributed by atoms with van der Waals surface area (Å²) in [6, 6.07) is 8.78. The summed E-state index contributed by atoms with van der Waals surface area (Å²) in [6.07, 6.45) is 2.39. The lowest BCUT2D eigenvalue weighted by molar-refractivity contribution is 0.368. The molecule has 2 unspecified atom stereocenters. The van der Waals surface area contributed by atoms with Gasteiger partial charge in [0.25, 0.3) is 0 Å². The van der Waals surface area contributed by atoms with Crippen LogP contribution in [0.3, 0.4) is 0 Å². The van der Waals surface area contributed by atoms with Crippen LogP contribution in [0, 0.1) is 9.49 Å². The van der Waals surface area contributed by atoms with Gasteiger partial charge in [-0.1, -0.05) is 32.4 Å². The fourth-order valence-electron chi connectivity index (χ4n) is 1.91. The summed E-state index contributed by atoms with van der Waals surface area (Å²) in [5.74, 6) is 6.20. The second-order valence-corrected chi connectivity index (χ2v) is 5.21. The molecule has 0 aliphatic carbocycles. The minimum Gasteiger partial charge on any atom is -0.271 e. The number of hydrogen-bond acceptors (Lipinski definition) is 2. The highest BCUT2D eigenvalue weighted by Crippen LogP contribution is 2.25. The van der Waals surface area contributed by atoms with E-state index in [0.29, 0.717) is 5.92 Å². The average molecular weight is 318 g/mol. The van der Waals surface area contributed by atoms with Gasteiger partial charge >= 0.3 is 0 Å². The first kappa shape index (κ1) is 12.9. The van der Waals surface area contributed by atoms with Crippen molar-refractivity contribution in [1.29, 1.82) is 0 Å². The maximum atomic E-state index is 5.63. The highest BCUT2D eigenvalue weighted by molar-refractivity contribution is 14.1. The first-order valence-corrected chi connectivity index (χ1v) is 6.48. The van der Waals surface area contributed by atoms with E-state index in [1.54, 1.807) is 0 Å². The molecule has 3 N–H and O–H groups in total. The Morgan fingerprint density at radius 3 is 2.73 bits per heavy atom. The highest BCUT2D eigenvalue weighted by atomic mass is 127. The molecular weight excluding hydrogens is 299 g/mol. The maximum absolute atomic E-state index is 5.63. The summed E-state index contributed by atoms with van der Waals surface area (Å²) >= 11 is 2.33. The molecule has 0 amide bonds. The summed E-state index contributed by atoms with van der Waals surface area (Å²) in [4.78, 5) is 0. The zero-order valence-corrected chi connectivity index (χ0v) is 11.5. The number of nitrogens with one attached hydrogen (secondary N) is 1. The third-order valence-electron chi connectivity index (χ3n) is 2.70. The molecule has 3 heteroatoms. The summed E-state index contributed by atoms with van der Waals surface area (Å²) in [5.41, 5.74) is 4.21. The lowest BCUT2D eigenvalue weighted by Crippen LogP contribution is -2.32. The van der Waals surface area contributed by atoms with Crippen molar-refractivity contribution in [1.82, 2.24) is 5.43 Å². The predicted molar refractivity (Wildman–Crippen MR) is 73.3 cm³/mol. The number of nitrogens with two attached hydrogens (primary N) is 1. The number of hydrazine groups is 1. The van der Waals surface area contributed by atoms with Crippen LogP contribution >= 0.6 is 22.6 Å². The third kappa shape index (κ3) is 3.74. The summed E-state index contributed by atoms with van der Waals surface area (Å²) in [7, 11) is 0. The Morgan fingerprint density at radius 2 is 2.20 bits per heavy atom. The molecule has 1 aromatic carbocycles. The Morgan fingerprint density at radius 1 is 1.47 bits per heavy atom. The van der Waals surface area contributed by atoms with Crippen LogP contribution in [0.1, 0.15) is 38.3 Å². The average Bonchev–Trinajstić information content (AvgIpc) is 2.19. The van der Waals surface area contributed by atoms with Crippen molar-refractivity contribution in [2.45, 2.75) is 32.7 Å². The van der Waals surface area contributed by atoms with E-state index < -0.39 is 0 Å². The van der Waals surface area contributed by atoms with Crippen LogP contribution < -0.4 is 11.3 Å². The van der Waals surface area contributed by atoms with Gasteiger partial charge in [-0.2, -0.15) is 0 Å². The molecule has 0 aromatic heterocycles. The van der Waals surface area contributed by atoms with Crippen LogP contribution in [0.2, 0.25) is 0 Å². The minimum absolute atomic E-state index is 0.264. The first-order valence-electron chi connectivity index (χ1n) is 5.40. The number of benzene rings is 1. The molecule has 15 heavy (non-hydrogen) atoms. The Labute approximate surface area is 106 Å². The molecular formula is C12H19IN2. The standard InChI is InChI=1S/C12H19IN2/c1-3-5-9(2)12(15-14)10-6-4-7-11(13)8-10/h4,6-9,12,15H,3,5,14H2,1-2H3. The highest BCUT2D eigenvalue weighted by Gasteiger charge is 2.16. The van der Waals surface area contributed by atoms with Gasteiger partial charge in [0.1, 0.15) is 0 Å². The largest absolute Gasteiger partial charge is 0.271 e. The van der Waals surface area contributed by atoms with Gasteiger partial charge in [-0.15, -0.1) is 0 Å². The Bertz CT molecular complexity index is 301. The molecule has 2 nitrogen and oxygen atoms in total. The van der Waals surface area contributed by atoms with E-state index in [1.165, 1.54) is 22.0 Å². The van der Waals surface area contributed by atoms with Crippen LogP contribution in [0.5, 0.6) is 0 Å². The molecule has 0 aliphatic rings. The smallest absolute Gasteiger partial charge is 0.0485 e. The number of halogens is 1. The molecule has 1 aromatic rings. The summed E-state index contributed by atoms with van der Waals surface area (Å²) < 4.78 is 1.26. The van der Waals surface area contributed by atoms with Crippen molar-refractivity contribution >= 4 is 22.6 Å². The fourth-order valence-corrected chi connectivity index (χ4v) is 2.48. The zero-order chi connectivity index (χ0) is 11.3. The SMILES string of the molecule is CCCC(C)C(NN)c1cccc(I)c1. The van der Waals surface area contributed by atoms with Crippen LogP contribution in [-0.2, 0) is 0 Å². The molecule has 2 atom stereocenters. The fraction of sp³-hybridized carbons (Fsp3) is 0.500. The van der Waals surface area contributed by atoms with Crippen LogP contribution in [0.4, 0.5) is 0 Å². The Balaban J connectivity index is 2.82. The molecule has 0 radical (unpaired) electrons. The van der Waals surface area contributed by atoms with Gasteiger partial charge in [0, 0.05) is 9.61 Å². The molecule has 0 bridgehead atoms. The monoisotopic (exact) mass is 318 g/mol. The van der Waals surface area contributed by atoms with E-state index in [-0.39, 0.29) is 6.04 Å². The van der Waals surface area contributed by atoms with Crippen molar-refractivity contribution in [3.8, 4) is 0 Å².